The van der Waals surface area contributed by atoms with Gasteiger partial charge in [0, 0.05) is 11.9 Å². The van der Waals surface area contributed by atoms with Crippen molar-refractivity contribution >= 4 is 75.1 Å². The largest absolute Gasteiger partial charge is 0.490 e. The predicted molar refractivity (Wildman–Crippen MR) is 121 cm³/mol. The van der Waals surface area contributed by atoms with Gasteiger partial charge in [-0.25, -0.2) is 0 Å². The SMILES string of the molecule is CCOc1cc(/C=C2\SC(=S)N(c3ccc(Cl)cc3Cl)C2=O)ccc1OC(C)=O. The Bertz CT molecular complexity index is 1040. The summed E-state index contributed by atoms with van der Waals surface area (Å²) in [6.07, 6.45) is 1.70. The Balaban J connectivity index is 1.93. The van der Waals surface area contributed by atoms with Crippen molar-refractivity contribution < 1.29 is 19.1 Å². The summed E-state index contributed by atoms with van der Waals surface area (Å²) in [6.45, 7) is 3.54. The molecule has 1 fully saturated rings. The summed E-state index contributed by atoms with van der Waals surface area (Å²) < 4.78 is 11.1. The molecule has 0 spiro atoms. The summed E-state index contributed by atoms with van der Waals surface area (Å²) in [5, 5.41) is 0.801. The highest BCUT2D eigenvalue weighted by atomic mass is 35.5. The van der Waals surface area contributed by atoms with Crippen molar-refractivity contribution in [3.05, 3.63) is 56.9 Å². The lowest BCUT2D eigenvalue weighted by atomic mass is 10.1. The molecular weight excluding hydrogens is 453 g/mol. The summed E-state index contributed by atoms with van der Waals surface area (Å²) >= 11 is 18.7. The fraction of sp³-hybridized carbons (Fsp3) is 0.150. The molecule has 0 atom stereocenters. The minimum Gasteiger partial charge on any atom is -0.490 e. The molecule has 1 aliphatic heterocycles. The van der Waals surface area contributed by atoms with E-state index in [1.807, 2.05) is 6.92 Å². The number of esters is 1. The Morgan fingerprint density at radius 2 is 1.97 bits per heavy atom. The highest BCUT2D eigenvalue weighted by molar-refractivity contribution is 8.27. The number of ether oxygens (including phenoxy) is 2. The van der Waals surface area contributed by atoms with E-state index in [9.17, 15) is 9.59 Å². The first-order valence-electron chi connectivity index (χ1n) is 8.48. The van der Waals surface area contributed by atoms with Crippen LogP contribution in [0.25, 0.3) is 6.08 Å². The van der Waals surface area contributed by atoms with Crippen molar-refractivity contribution in [3.8, 4) is 11.5 Å². The molecule has 2 aromatic carbocycles. The Morgan fingerprint density at radius 1 is 1.21 bits per heavy atom. The van der Waals surface area contributed by atoms with Crippen molar-refractivity contribution in [2.45, 2.75) is 13.8 Å². The summed E-state index contributed by atoms with van der Waals surface area (Å²) in [5.41, 5.74) is 1.18. The molecule has 0 aliphatic carbocycles. The molecule has 29 heavy (non-hydrogen) atoms. The topological polar surface area (TPSA) is 55.8 Å². The maximum Gasteiger partial charge on any atom is 0.308 e. The molecule has 5 nitrogen and oxygen atoms in total. The van der Waals surface area contributed by atoms with E-state index in [2.05, 4.69) is 0 Å². The monoisotopic (exact) mass is 467 g/mol. The van der Waals surface area contributed by atoms with E-state index in [-0.39, 0.29) is 5.91 Å². The quantitative estimate of drug-likeness (QED) is 0.242. The first-order chi connectivity index (χ1) is 13.8. The fourth-order valence-corrected chi connectivity index (χ4v) is 4.39. The maximum atomic E-state index is 12.9. The van der Waals surface area contributed by atoms with Crippen LogP contribution < -0.4 is 14.4 Å². The number of carbonyl (C=O) groups is 2. The van der Waals surface area contributed by atoms with Crippen molar-refractivity contribution in [1.29, 1.82) is 0 Å². The van der Waals surface area contributed by atoms with Gasteiger partial charge in [-0.1, -0.05) is 53.2 Å². The lowest BCUT2D eigenvalue weighted by Gasteiger charge is -2.16. The second-order valence-electron chi connectivity index (χ2n) is 5.85. The van der Waals surface area contributed by atoms with E-state index in [0.29, 0.717) is 48.6 Å². The van der Waals surface area contributed by atoms with Gasteiger partial charge in [0.2, 0.25) is 0 Å². The number of rotatable bonds is 5. The smallest absolute Gasteiger partial charge is 0.308 e. The van der Waals surface area contributed by atoms with Crippen LogP contribution in [-0.2, 0) is 9.59 Å². The van der Waals surface area contributed by atoms with Crippen molar-refractivity contribution in [2.24, 2.45) is 0 Å². The third-order valence-electron chi connectivity index (χ3n) is 3.76. The van der Waals surface area contributed by atoms with E-state index in [1.165, 1.54) is 23.6 Å². The normalized spacial score (nSPS) is 15.2. The van der Waals surface area contributed by atoms with Crippen LogP contribution in [0, 0.1) is 0 Å². The van der Waals surface area contributed by atoms with Gasteiger partial charge < -0.3 is 9.47 Å². The number of amides is 1. The van der Waals surface area contributed by atoms with Crippen LogP contribution in [0.2, 0.25) is 10.0 Å². The van der Waals surface area contributed by atoms with Crippen LogP contribution in [0.5, 0.6) is 11.5 Å². The highest BCUT2D eigenvalue weighted by Crippen LogP contribution is 2.40. The Labute approximate surface area is 187 Å². The zero-order valence-electron chi connectivity index (χ0n) is 15.4. The van der Waals surface area contributed by atoms with E-state index in [4.69, 9.17) is 44.9 Å². The molecule has 9 heteroatoms. The minimum atomic E-state index is -0.445. The van der Waals surface area contributed by atoms with E-state index < -0.39 is 5.97 Å². The highest BCUT2D eigenvalue weighted by Gasteiger charge is 2.34. The number of halogens is 2. The number of anilines is 1. The molecule has 1 heterocycles. The van der Waals surface area contributed by atoms with Crippen LogP contribution in [0.15, 0.2) is 41.3 Å². The predicted octanol–water partition coefficient (Wildman–Crippen LogP) is 5.72. The van der Waals surface area contributed by atoms with Crippen LogP contribution in [0.1, 0.15) is 19.4 Å². The molecule has 0 unspecified atom stereocenters. The maximum absolute atomic E-state index is 12.9. The Morgan fingerprint density at radius 3 is 2.62 bits per heavy atom. The third-order valence-corrected chi connectivity index (χ3v) is 5.60. The molecule has 150 valence electrons. The van der Waals surface area contributed by atoms with E-state index in [0.717, 1.165) is 0 Å². The van der Waals surface area contributed by atoms with Crippen molar-refractivity contribution in [3.63, 3.8) is 0 Å². The molecule has 0 radical (unpaired) electrons. The average Bonchev–Trinajstić information content (AvgIpc) is 2.91. The first-order valence-corrected chi connectivity index (χ1v) is 10.5. The lowest BCUT2D eigenvalue weighted by Crippen LogP contribution is -2.27. The van der Waals surface area contributed by atoms with Gasteiger partial charge in [-0.3, -0.25) is 14.5 Å². The molecule has 3 rings (SSSR count). The molecule has 0 saturated carbocycles. The molecule has 0 N–H and O–H groups in total. The van der Waals surface area contributed by atoms with Gasteiger partial charge in [0.15, 0.2) is 15.8 Å². The third kappa shape index (κ3) is 4.93. The molecular formula is C20H15Cl2NO4S2. The van der Waals surface area contributed by atoms with Gasteiger partial charge in [0.05, 0.1) is 22.2 Å². The fourth-order valence-electron chi connectivity index (χ4n) is 2.61. The number of benzene rings is 2. The van der Waals surface area contributed by atoms with Gasteiger partial charge >= 0.3 is 5.97 Å². The zero-order valence-corrected chi connectivity index (χ0v) is 18.5. The number of hydrogen-bond donors (Lipinski definition) is 0. The molecule has 1 amide bonds. The molecule has 0 aromatic heterocycles. The molecule has 1 saturated heterocycles. The van der Waals surface area contributed by atoms with Gasteiger partial charge in [0.25, 0.3) is 5.91 Å². The number of thioether (sulfide) groups is 1. The number of nitrogens with zero attached hydrogens (tertiary/aromatic N) is 1. The van der Waals surface area contributed by atoms with Crippen LogP contribution >= 0.6 is 47.2 Å². The van der Waals surface area contributed by atoms with E-state index in [1.54, 1.807) is 42.5 Å². The lowest BCUT2D eigenvalue weighted by molar-refractivity contribution is -0.132. The summed E-state index contributed by atoms with van der Waals surface area (Å²) in [7, 11) is 0. The molecule has 2 aromatic rings. The van der Waals surface area contributed by atoms with Crippen LogP contribution in [-0.4, -0.2) is 22.8 Å². The summed E-state index contributed by atoms with van der Waals surface area (Å²) in [4.78, 5) is 26.0. The second-order valence-corrected chi connectivity index (χ2v) is 8.37. The Kier molecular flexibility index (Phi) is 6.85. The summed E-state index contributed by atoms with van der Waals surface area (Å²) in [5.74, 6) is -0.00432. The molecule has 1 aliphatic rings. The first kappa shape index (κ1) is 21.6. The van der Waals surface area contributed by atoms with Crippen molar-refractivity contribution in [2.75, 3.05) is 11.5 Å². The van der Waals surface area contributed by atoms with Crippen molar-refractivity contribution in [1.82, 2.24) is 0 Å². The van der Waals surface area contributed by atoms with Crippen LogP contribution in [0.4, 0.5) is 5.69 Å². The summed E-state index contributed by atoms with van der Waals surface area (Å²) in [6, 6.07) is 9.90. The van der Waals surface area contributed by atoms with E-state index >= 15 is 0 Å². The number of hydrogen-bond acceptors (Lipinski definition) is 6. The van der Waals surface area contributed by atoms with Gasteiger partial charge in [-0.2, -0.15) is 0 Å². The molecule has 0 bridgehead atoms. The standard InChI is InChI=1S/C20H15Cl2NO4S2/c1-3-26-17-8-12(4-7-16(17)27-11(2)24)9-18-19(25)23(20(28)29-18)15-6-5-13(21)10-14(15)22/h4-10H,3H2,1-2H3/b18-9-. The Hall–Kier alpha value is -2.06. The number of carbonyl (C=O) groups excluding carboxylic acids is 2. The zero-order chi connectivity index (χ0) is 21.1. The van der Waals surface area contributed by atoms with Gasteiger partial charge in [-0.05, 0) is 48.9 Å². The number of thiocarbonyl (C=S) groups is 1. The second kappa shape index (κ2) is 9.17. The van der Waals surface area contributed by atoms with Gasteiger partial charge in [-0.15, -0.1) is 0 Å². The minimum absolute atomic E-state index is 0.286. The van der Waals surface area contributed by atoms with Gasteiger partial charge in [0.1, 0.15) is 0 Å². The average molecular weight is 468 g/mol. The van der Waals surface area contributed by atoms with Crippen LogP contribution in [0.3, 0.4) is 0 Å².